The third kappa shape index (κ3) is 2.66. The lowest BCUT2D eigenvalue weighted by Crippen LogP contribution is -2.42. The van der Waals surface area contributed by atoms with Crippen LogP contribution in [0.25, 0.3) is 0 Å². The topological polar surface area (TPSA) is 101 Å². The Kier molecular flexibility index (Phi) is 3.76. The molecule has 0 N–H and O–H groups in total. The highest BCUT2D eigenvalue weighted by Crippen LogP contribution is 2.32. The Balaban J connectivity index is 1.58. The van der Waals surface area contributed by atoms with Crippen LogP contribution in [-0.2, 0) is 11.2 Å². The molecule has 0 aliphatic carbocycles. The number of amides is 3. The van der Waals surface area contributed by atoms with Crippen molar-refractivity contribution in [2.24, 2.45) is 0 Å². The fraction of sp³-hybridized carbons (Fsp3) is 0.211. The third-order valence-corrected chi connectivity index (χ3v) is 4.90. The van der Waals surface area contributed by atoms with Crippen molar-refractivity contribution in [1.82, 2.24) is 4.90 Å². The summed E-state index contributed by atoms with van der Waals surface area (Å²) in [7, 11) is 0. The van der Waals surface area contributed by atoms with E-state index in [1.165, 1.54) is 17.0 Å². The van der Waals surface area contributed by atoms with E-state index in [9.17, 15) is 24.5 Å². The van der Waals surface area contributed by atoms with Gasteiger partial charge in [-0.05, 0) is 31.0 Å². The zero-order valence-corrected chi connectivity index (χ0v) is 14.5. The van der Waals surface area contributed by atoms with Crippen molar-refractivity contribution in [3.05, 3.63) is 68.8 Å². The summed E-state index contributed by atoms with van der Waals surface area (Å²) in [6.45, 7) is 1.78. The molecule has 0 radical (unpaired) electrons. The fourth-order valence-electron chi connectivity index (χ4n) is 3.51. The molecular formula is C19H15N3O5. The summed E-state index contributed by atoms with van der Waals surface area (Å²) in [4.78, 5) is 50.6. The van der Waals surface area contributed by atoms with Crippen LogP contribution in [-0.4, -0.2) is 40.6 Å². The molecule has 8 heteroatoms. The molecule has 2 aromatic rings. The Hall–Kier alpha value is -3.55. The second kappa shape index (κ2) is 6.01. The summed E-state index contributed by atoms with van der Waals surface area (Å²) in [6, 6.07) is 9.35. The van der Waals surface area contributed by atoms with Gasteiger partial charge in [0.2, 0.25) is 5.91 Å². The van der Waals surface area contributed by atoms with E-state index in [1.54, 1.807) is 24.3 Å². The van der Waals surface area contributed by atoms with E-state index in [0.29, 0.717) is 24.2 Å². The summed E-state index contributed by atoms with van der Waals surface area (Å²) < 4.78 is 0. The number of carbonyl (C=O) groups excluding carboxylic acids is 3. The zero-order chi connectivity index (χ0) is 19.3. The number of rotatable bonds is 3. The zero-order valence-electron chi connectivity index (χ0n) is 14.5. The van der Waals surface area contributed by atoms with Crippen LogP contribution in [0, 0.1) is 17.0 Å². The van der Waals surface area contributed by atoms with Gasteiger partial charge in [-0.2, -0.15) is 0 Å². The predicted molar refractivity (Wildman–Crippen MR) is 95.7 cm³/mol. The van der Waals surface area contributed by atoms with Gasteiger partial charge >= 0.3 is 0 Å². The number of carbonyl (C=O) groups is 3. The van der Waals surface area contributed by atoms with Crippen LogP contribution in [0.5, 0.6) is 0 Å². The quantitative estimate of drug-likeness (QED) is 0.471. The molecule has 0 unspecified atom stereocenters. The number of imide groups is 1. The third-order valence-electron chi connectivity index (χ3n) is 4.90. The molecule has 0 bridgehead atoms. The number of nitro groups is 1. The Labute approximate surface area is 154 Å². The molecular weight excluding hydrogens is 350 g/mol. The van der Waals surface area contributed by atoms with Crippen LogP contribution in [0.15, 0.2) is 36.4 Å². The number of nitro benzene ring substituents is 1. The van der Waals surface area contributed by atoms with Gasteiger partial charge in [0.25, 0.3) is 17.5 Å². The number of hydrogen-bond acceptors (Lipinski definition) is 5. The maximum absolute atomic E-state index is 12.8. The van der Waals surface area contributed by atoms with Crippen LogP contribution in [0.1, 0.15) is 31.8 Å². The van der Waals surface area contributed by atoms with Gasteiger partial charge in [0, 0.05) is 18.7 Å². The van der Waals surface area contributed by atoms with Gasteiger partial charge in [0.05, 0.1) is 21.7 Å². The van der Waals surface area contributed by atoms with Crippen molar-refractivity contribution in [3.8, 4) is 0 Å². The number of fused-ring (bicyclic) bond motifs is 2. The first-order valence-corrected chi connectivity index (χ1v) is 8.41. The SMILES string of the molecule is Cc1ccc2c(c1)C(=O)N(CC(=O)N1CCc3ccc([N+](=O)[O-])cc31)C2=O. The molecule has 136 valence electrons. The Morgan fingerprint density at radius 3 is 2.59 bits per heavy atom. The predicted octanol–water partition coefficient (Wildman–Crippen LogP) is 2.09. The summed E-state index contributed by atoms with van der Waals surface area (Å²) in [5.41, 5.74) is 2.61. The smallest absolute Gasteiger partial charge is 0.271 e. The average Bonchev–Trinajstić information content (AvgIpc) is 3.16. The van der Waals surface area contributed by atoms with Crippen molar-refractivity contribution in [3.63, 3.8) is 0 Å². The molecule has 2 heterocycles. The molecule has 4 rings (SSSR count). The van der Waals surface area contributed by atoms with Gasteiger partial charge in [-0.3, -0.25) is 29.4 Å². The van der Waals surface area contributed by atoms with E-state index in [4.69, 9.17) is 0 Å². The van der Waals surface area contributed by atoms with Gasteiger partial charge in [-0.1, -0.05) is 17.7 Å². The summed E-state index contributed by atoms with van der Waals surface area (Å²) in [6.07, 6.45) is 0.570. The Morgan fingerprint density at radius 1 is 1.11 bits per heavy atom. The Bertz CT molecular complexity index is 1030. The van der Waals surface area contributed by atoms with E-state index in [0.717, 1.165) is 16.0 Å². The number of anilines is 1. The lowest BCUT2D eigenvalue weighted by atomic mass is 10.1. The molecule has 0 saturated carbocycles. The number of aryl methyl sites for hydroxylation is 1. The van der Waals surface area contributed by atoms with Gasteiger partial charge in [-0.25, -0.2) is 0 Å². The first kappa shape index (κ1) is 16.9. The number of hydrogen-bond donors (Lipinski definition) is 0. The van der Waals surface area contributed by atoms with Gasteiger partial charge in [0.15, 0.2) is 0 Å². The summed E-state index contributed by atoms with van der Waals surface area (Å²) >= 11 is 0. The molecule has 0 atom stereocenters. The first-order chi connectivity index (χ1) is 12.9. The minimum Gasteiger partial charge on any atom is -0.310 e. The minimum absolute atomic E-state index is 0.107. The van der Waals surface area contributed by atoms with Crippen molar-refractivity contribution in [1.29, 1.82) is 0 Å². The molecule has 0 spiro atoms. The van der Waals surface area contributed by atoms with E-state index in [1.807, 2.05) is 6.92 Å². The highest BCUT2D eigenvalue weighted by Gasteiger charge is 2.38. The van der Waals surface area contributed by atoms with Gasteiger partial charge in [0.1, 0.15) is 6.54 Å². The summed E-state index contributed by atoms with van der Waals surface area (Å²) in [5.74, 6) is -1.44. The molecule has 2 aromatic carbocycles. The van der Waals surface area contributed by atoms with E-state index in [-0.39, 0.29) is 11.3 Å². The van der Waals surface area contributed by atoms with Crippen LogP contribution in [0.2, 0.25) is 0 Å². The molecule has 2 aliphatic heterocycles. The standard InChI is InChI=1S/C19H15N3O5/c1-11-2-5-14-15(8-11)19(25)21(18(14)24)10-17(23)20-7-6-12-3-4-13(22(26)27)9-16(12)20/h2-5,8-9H,6-7,10H2,1H3. The average molecular weight is 365 g/mol. The normalized spacial score (nSPS) is 15.1. The molecule has 3 amide bonds. The number of nitrogens with zero attached hydrogens (tertiary/aromatic N) is 3. The maximum Gasteiger partial charge on any atom is 0.271 e. The molecule has 27 heavy (non-hydrogen) atoms. The molecule has 2 aliphatic rings. The van der Waals surface area contributed by atoms with Crippen LogP contribution >= 0.6 is 0 Å². The second-order valence-electron chi connectivity index (χ2n) is 6.61. The number of non-ortho nitro benzene ring substituents is 1. The van der Waals surface area contributed by atoms with Crippen molar-refractivity contribution in [2.45, 2.75) is 13.3 Å². The van der Waals surface area contributed by atoms with Crippen LogP contribution in [0.4, 0.5) is 11.4 Å². The highest BCUT2D eigenvalue weighted by atomic mass is 16.6. The molecule has 0 fully saturated rings. The van der Waals surface area contributed by atoms with Gasteiger partial charge < -0.3 is 4.90 Å². The van der Waals surface area contributed by atoms with E-state index < -0.39 is 29.2 Å². The largest absolute Gasteiger partial charge is 0.310 e. The van der Waals surface area contributed by atoms with E-state index in [2.05, 4.69) is 0 Å². The number of benzene rings is 2. The second-order valence-corrected chi connectivity index (χ2v) is 6.61. The molecule has 8 nitrogen and oxygen atoms in total. The van der Waals surface area contributed by atoms with Gasteiger partial charge in [-0.15, -0.1) is 0 Å². The Morgan fingerprint density at radius 2 is 1.85 bits per heavy atom. The van der Waals surface area contributed by atoms with Crippen LogP contribution < -0.4 is 4.90 Å². The minimum atomic E-state index is -0.520. The molecule has 0 saturated heterocycles. The fourth-order valence-corrected chi connectivity index (χ4v) is 3.51. The van der Waals surface area contributed by atoms with Crippen molar-refractivity contribution in [2.75, 3.05) is 18.0 Å². The lowest BCUT2D eigenvalue weighted by molar-refractivity contribution is -0.384. The molecule has 0 aromatic heterocycles. The monoisotopic (exact) mass is 365 g/mol. The lowest BCUT2D eigenvalue weighted by Gasteiger charge is -2.20. The first-order valence-electron chi connectivity index (χ1n) is 8.41. The maximum atomic E-state index is 12.8. The van der Waals surface area contributed by atoms with Crippen molar-refractivity contribution < 1.29 is 19.3 Å². The highest BCUT2D eigenvalue weighted by molar-refractivity contribution is 6.23. The van der Waals surface area contributed by atoms with Crippen LogP contribution in [0.3, 0.4) is 0 Å². The summed E-state index contributed by atoms with van der Waals surface area (Å²) in [5, 5.41) is 11.0. The van der Waals surface area contributed by atoms with E-state index >= 15 is 0 Å². The van der Waals surface area contributed by atoms with Crippen molar-refractivity contribution >= 4 is 29.1 Å².